The Labute approximate surface area is 112 Å². The van der Waals surface area contributed by atoms with Crippen LogP contribution >= 0.6 is 0 Å². The van der Waals surface area contributed by atoms with Crippen molar-refractivity contribution in [3.05, 3.63) is 40.4 Å². The fourth-order valence-electron chi connectivity index (χ4n) is 2.03. The molecule has 0 saturated heterocycles. The molecule has 0 bridgehead atoms. The Balaban J connectivity index is 2.33. The quantitative estimate of drug-likeness (QED) is 0.854. The van der Waals surface area contributed by atoms with Gasteiger partial charge >= 0.3 is 0 Å². The van der Waals surface area contributed by atoms with Gasteiger partial charge in [-0.05, 0) is 26.2 Å². The summed E-state index contributed by atoms with van der Waals surface area (Å²) < 4.78 is 1.64. The first kappa shape index (κ1) is 13.7. The van der Waals surface area contributed by atoms with E-state index < -0.39 is 0 Å². The lowest BCUT2D eigenvalue weighted by Crippen LogP contribution is -2.31. The van der Waals surface area contributed by atoms with Crippen molar-refractivity contribution in [3.63, 3.8) is 0 Å². The van der Waals surface area contributed by atoms with Crippen molar-refractivity contribution in [1.82, 2.24) is 19.8 Å². The molecule has 0 atom stereocenters. The number of para-hydroxylation sites is 1. The number of nitrogens with zero attached hydrogens (tertiary/aromatic N) is 3. The van der Waals surface area contributed by atoms with Crippen LogP contribution in [0.2, 0.25) is 0 Å². The second-order valence-electron chi connectivity index (χ2n) is 4.75. The number of rotatable bonds is 5. The molecule has 0 aliphatic carbocycles. The van der Waals surface area contributed by atoms with E-state index in [-0.39, 0.29) is 5.56 Å². The maximum absolute atomic E-state index is 12.2. The maximum Gasteiger partial charge on any atom is 0.261 e. The number of nitrogens with one attached hydrogen (secondary N) is 1. The van der Waals surface area contributed by atoms with Crippen LogP contribution in [0.4, 0.5) is 0 Å². The van der Waals surface area contributed by atoms with Crippen LogP contribution in [0.1, 0.15) is 5.82 Å². The summed E-state index contributed by atoms with van der Waals surface area (Å²) in [5.41, 5.74) is 0.783. The molecule has 2 rings (SSSR count). The summed E-state index contributed by atoms with van der Waals surface area (Å²) in [5.74, 6) is 0.794. The summed E-state index contributed by atoms with van der Waals surface area (Å²) in [4.78, 5) is 19.0. The van der Waals surface area contributed by atoms with Crippen molar-refractivity contribution in [1.29, 1.82) is 0 Å². The predicted molar refractivity (Wildman–Crippen MR) is 77.2 cm³/mol. The zero-order valence-electron chi connectivity index (χ0n) is 11.7. The largest absolute Gasteiger partial charge is 0.318 e. The van der Waals surface area contributed by atoms with Crippen LogP contribution in [0.15, 0.2) is 29.1 Å². The van der Waals surface area contributed by atoms with E-state index in [1.165, 1.54) is 0 Å². The summed E-state index contributed by atoms with van der Waals surface area (Å²) in [6.45, 7) is 2.50. The molecule has 0 radical (unpaired) electrons. The lowest BCUT2D eigenvalue weighted by molar-refractivity contribution is 0.314. The molecule has 0 spiro atoms. The zero-order chi connectivity index (χ0) is 13.8. The number of benzene rings is 1. The van der Waals surface area contributed by atoms with E-state index in [9.17, 15) is 4.79 Å². The first-order valence-corrected chi connectivity index (χ1v) is 6.41. The van der Waals surface area contributed by atoms with E-state index in [1.807, 2.05) is 38.4 Å². The SMILES string of the molecule is CNCCN(C)Cc1nc2ccccc2c(=O)n1C. The summed E-state index contributed by atoms with van der Waals surface area (Å²) >= 11 is 0. The molecule has 1 N–H and O–H groups in total. The topological polar surface area (TPSA) is 50.2 Å². The number of fused-ring (bicyclic) bond motifs is 1. The fraction of sp³-hybridized carbons (Fsp3) is 0.429. The second kappa shape index (κ2) is 5.95. The third-order valence-corrected chi connectivity index (χ3v) is 3.23. The summed E-state index contributed by atoms with van der Waals surface area (Å²) in [5, 5.41) is 3.78. The first-order valence-electron chi connectivity index (χ1n) is 6.41. The highest BCUT2D eigenvalue weighted by molar-refractivity contribution is 5.77. The lowest BCUT2D eigenvalue weighted by Gasteiger charge is -2.17. The highest BCUT2D eigenvalue weighted by atomic mass is 16.1. The van der Waals surface area contributed by atoms with Crippen LogP contribution in [0, 0.1) is 0 Å². The average Bonchev–Trinajstić information content (AvgIpc) is 2.42. The molecule has 0 unspecified atom stereocenters. The summed E-state index contributed by atoms with van der Waals surface area (Å²) in [7, 11) is 5.74. The average molecular weight is 260 g/mol. The van der Waals surface area contributed by atoms with Gasteiger partial charge in [-0.15, -0.1) is 0 Å². The van der Waals surface area contributed by atoms with Crippen molar-refractivity contribution in [3.8, 4) is 0 Å². The smallest absolute Gasteiger partial charge is 0.261 e. The minimum Gasteiger partial charge on any atom is -0.318 e. The molecule has 19 heavy (non-hydrogen) atoms. The van der Waals surface area contributed by atoms with Gasteiger partial charge in [0.15, 0.2) is 0 Å². The molecule has 1 heterocycles. The fourth-order valence-corrected chi connectivity index (χ4v) is 2.03. The van der Waals surface area contributed by atoms with Crippen LogP contribution in [0.3, 0.4) is 0 Å². The Kier molecular flexibility index (Phi) is 4.29. The Hall–Kier alpha value is -1.72. The predicted octanol–water partition coefficient (Wildman–Crippen LogP) is 0.585. The van der Waals surface area contributed by atoms with Gasteiger partial charge in [0.1, 0.15) is 5.82 Å². The Bertz CT molecular complexity index is 620. The Morgan fingerprint density at radius 2 is 2.11 bits per heavy atom. The van der Waals surface area contributed by atoms with Gasteiger partial charge in [-0.1, -0.05) is 12.1 Å². The minimum atomic E-state index is 0.0163. The molecule has 0 fully saturated rings. The summed E-state index contributed by atoms with van der Waals surface area (Å²) in [6.07, 6.45) is 0. The van der Waals surface area contributed by atoms with E-state index in [4.69, 9.17) is 0 Å². The molecular formula is C14H20N4O. The maximum atomic E-state index is 12.2. The Morgan fingerprint density at radius 1 is 1.37 bits per heavy atom. The highest BCUT2D eigenvalue weighted by Crippen LogP contribution is 2.08. The number of likely N-dealkylation sites (N-methyl/N-ethyl adjacent to an activating group) is 2. The first-order chi connectivity index (χ1) is 9.13. The normalized spacial score (nSPS) is 11.4. The molecule has 0 amide bonds. The standard InChI is InChI=1S/C14H20N4O/c1-15-8-9-17(2)10-13-16-12-7-5-4-6-11(12)14(19)18(13)3/h4-7,15H,8-10H2,1-3H3. The van der Waals surface area contributed by atoms with Gasteiger partial charge in [-0.25, -0.2) is 4.98 Å². The van der Waals surface area contributed by atoms with Gasteiger partial charge in [0.05, 0.1) is 17.4 Å². The van der Waals surface area contributed by atoms with E-state index >= 15 is 0 Å². The molecular weight excluding hydrogens is 240 g/mol. The van der Waals surface area contributed by atoms with Gasteiger partial charge in [-0.2, -0.15) is 0 Å². The van der Waals surface area contributed by atoms with E-state index in [0.29, 0.717) is 11.9 Å². The van der Waals surface area contributed by atoms with Crippen LogP contribution in [0.25, 0.3) is 10.9 Å². The van der Waals surface area contributed by atoms with Gasteiger partial charge in [0.2, 0.25) is 0 Å². The molecule has 0 aliphatic rings. The molecule has 5 nitrogen and oxygen atoms in total. The molecule has 0 saturated carbocycles. The van der Waals surface area contributed by atoms with Crippen LogP contribution in [0.5, 0.6) is 0 Å². The van der Waals surface area contributed by atoms with Gasteiger partial charge in [0, 0.05) is 20.1 Å². The summed E-state index contributed by atoms with van der Waals surface area (Å²) in [6, 6.07) is 7.47. The lowest BCUT2D eigenvalue weighted by atomic mass is 10.2. The number of aromatic nitrogens is 2. The van der Waals surface area contributed by atoms with Gasteiger partial charge in [0.25, 0.3) is 5.56 Å². The molecule has 1 aromatic heterocycles. The Morgan fingerprint density at radius 3 is 2.84 bits per heavy atom. The van der Waals surface area contributed by atoms with Crippen molar-refractivity contribution < 1.29 is 0 Å². The zero-order valence-corrected chi connectivity index (χ0v) is 11.7. The molecule has 5 heteroatoms. The van der Waals surface area contributed by atoms with Gasteiger partial charge in [-0.3, -0.25) is 14.3 Å². The minimum absolute atomic E-state index is 0.0163. The molecule has 102 valence electrons. The number of hydrogen-bond donors (Lipinski definition) is 1. The third kappa shape index (κ3) is 3.00. The van der Waals surface area contributed by atoms with E-state index in [1.54, 1.807) is 11.6 Å². The van der Waals surface area contributed by atoms with Crippen molar-refractivity contribution in [2.24, 2.45) is 7.05 Å². The van der Waals surface area contributed by atoms with Crippen molar-refractivity contribution in [2.45, 2.75) is 6.54 Å². The van der Waals surface area contributed by atoms with Crippen LogP contribution in [-0.2, 0) is 13.6 Å². The monoisotopic (exact) mass is 260 g/mol. The van der Waals surface area contributed by atoms with Crippen molar-refractivity contribution in [2.75, 3.05) is 27.2 Å². The second-order valence-corrected chi connectivity index (χ2v) is 4.75. The number of hydrogen-bond acceptors (Lipinski definition) is 4. The highest BCUT2D eigenvalue weighted by Gasteiger charge is 2.09. The van der Waals surface area contributed by atoms with Gasteiger partial charge < -0.3 is 5.32 Å². The van der Waals surface area contributed by atoms with E-state index in [0.717, 1.165) is 24.4 Å². The van der Waals surface area contributed by atoms with E-state index in [2.05, 4.69) is 15.2 Å². The third-order valence-electron chi connectivity index (χ3n) is 3.23. The van der Waals surface area contributed by atoms with Crippen molar-refractivity contribution >= 4 is 10.9 Å². The molecule has 2 aromatic rings. The molecule has 0 aliphatic heterocycles. The van der Waals surface area contributed by atoms with Crippen LogP contribution < -0.4 is 10.9 Å². The van der Waals surface area contributed by atoms with Crippen LogP contribution in [-0.4, -0.2) is 41.6 Å². The molecule has 1 aromatic carbocycles.